The highest BCUT2D eigenvalue weighted by molar-refractivity contribution is 6.23. The Balaban J connectivity index is 1.59. The Morgan fingerprint density at radius 2 is 1.88 bits per heavy atom. The highest BCUT2D eigenvalue weighted by atomic mass is 16.6. The van der Waals surface area contributed by atoms with Crippen molar-refractivity contribution in [2.75, 3.05) is 26.9 Å². The maximum Gasteiger partial charge on any atom is 0.308 e. The fourth-order valence-corrected chi connectivity index (χ4v) is 4.22. The van der Waals surface area contributed by atoms with Gasteiger partial charge in [-0.25, -0.2) is 0 Å². The van der Waals surface area contributed by atoms with E-state index in [1.807, 2.05) is 18.4 Å². The molecule has 2 aromatic rings. The number of rotatable bonds is 10. The largest absolute Gasteiger partial charge is 0.457 e. The number of carbonyl (C=O) groups excluding carboxylic acids is 4. The summed E-state index contributed by atoms with van der Waals surface area (Å²) in [7, 11) is 1.60. The molecule has 34 heavy (non-hydrogen) atoms. The van der Waals surface area contributed by atoms with Gasteiger partial charge in [-0.15, -0.1) is 0 Å². The molecular weight excluding hydrogens is 446 g/mol. The Kier molecular flexibility index (Phi) is 7.26. The molecule has 180 valence electrons. The van der Waals surface area contributed by atoms with Gasteiger partial charge in [0.2, 0.25) is 5.78 Å². The first-order valence-electron chi connectivity index (χ1n) is 10.6. The van der Waals surface area contributed by atoms with Crippen LogP contribution in [0, 0.1) is 24.0 Å². The quantitative estimate of drug-likeness (QED) is 0.169. The minimum Gasteiger partial charge on any atom is -0.457 e. The molecule has 0 spiro atoms. The Hall–Kier alpha value is -3.86. The van der Waals surface area contributed by atoms with Crippen molar-refractivity contribution in [1.29, 1.82) is 0 Å². The highest BCUT2D eigenvalue weighted by Gasteiger charge is 2.40. The molecular formula is C23H25N3O8. The topological polar surface area (TPSA) is 138 Å². The Labute approximate surface area is 195 Å². The van der Waals surface area contributed by atoms with Crippen LogP contribution in [0.4, 0.5) is 5.69 Å². The third-order valence-corrected chi connectivity index (χ3v) is 5.71. The van der Waals surface area contributed by atoms with Gasteiger partial charge in [0.1, 0.15) is 5.56 Å². The van der Waals surface area contributed by atoms with Crippen molar-refractivity contribution >= 4 is 29.3 Å². The van der Waals surface area contributed by atoms with E-state index in [0.717, 1.165) is 22.4 Å². The van der Waals surface area contributed by atoms with Gasteiger partial charge in [-0.3, -0.25) is 34.2 Å². The van der Waals surface area contributed by atoms with E-state index in [9.17, 15) is 29.3 Å². The SMILES string of the molecule is COC[C@@H](C)n1c(C)cc(C(=O)COC(=O)CCN2C(=O)c3cccc([N+](=O)[O-])c3C2=O)c1C. The van der Waals surface area contributed by atoms with E-state index < -0.39 is 35.0 Å². The van der Waals surface area contributed by atoms with Crippen LogP contribution in [0.5, 0.6) is 0 Å². The monoisotopic (exact) mass is 471 g/mol. The molecule has 0 aliphatic carbocycles. The summed E-state index contributed by atoms with van der Waals surface area (Å²) in [6.07, 6.45) is -0.351. The Bertz CT molecular complexity index is 1180. The minimum atomic E-state index is -0.839. The van der Waals surface area contributed by atoms with Crippen molar-refractivity contribution in [2.45, 2.75) is 33.2 Å². The van der Waals surface area contributed by atoms with Crippen molar-refractivity contribution in [1.82, 2.24) is 9.47 Å². The number of carbonyl (C=O) groups is 4. The smallest absolute Gasteiger partial charge is 0.308 e. The standard InChI is InChI=1S/C23H25N3O8/c1-13-10-17(15(3)25(13)14(2)11-33-4)19(27)12-34-20(28)8-9-24-22(29)16-6-5-7-18(26(31)32)21(16)23(24)30/h5-7,10,14H,8-9,11-12H2,1-4H3/t14-/m1/s1. The van der Waals surface area contributed by atoms with Gasteiger partial charge in [0.15, 0.2) is 6.61 Å². The number of hydrogen-bond acceptors (Lipinski definition) is 8. The fraction of sp³-hybridized carbons (Fsp3) is 0.391. The Morgan fingerprint density at radius 3 is 2.53 bits per heavy atom. The molecule has 2 amide bonds. The summed E-state index contributed by atoms with van der Waals surface area (Å²) in [5, 5.41) is 11.2. The number of ketones is 1. The lowest BCUT2D eigenvalue weighted by Gasteiger charge is -2.17. The van der Waals surface area contributed by atoms with Gasteiger partial charge in [0, 0.05) is 36.7 Å². The summed E-state index contributed by atoms with van der Waals surface area (Å²) in [6, 6.07) is 5.52. The normalized spacial score (nSPS) is 13.7. The molecule has 0 saturated carbocycles. The third kappa shape index (κ3) is 4.60. The molecule has 0 radical (unpaired) electrons. The Morgan fingerprint density at radius 1 is 1.18 bits per heavy atom. The molecule has 3 rings (SSSR count). The summed E-state index contributed by atoms with van der Waals surface area (Å²) < 4.78 is 12.2. The zero-order chi connectivity index (χ0) is 25.2. The molecule has 1 aromatic carbocycles. The maximum absolute atomic E-state index is 12.6. The van der Waals surface area contributed by atoms with Gasteiger partial charge in [-0.1, -0.05) is 6.07 Å². The van der Waals surface area contributed by atoms with E-state index in [4.69, 9.17) is 9.47 Å². The molecule has 0 unspecified atom stereocenters. The lowest BCUT2D eigenvalue weighted by Crippen LogP contribution is -2.32. The van der Waals surface area contributed by atoms with E-state index >= 15 is 0 Å². The summed E-state index contributed by atoms with van der Waals surface area (Å²) in [4.78, 5) is 61.1. The molecule has 0 fully saturated rings. The highest BCUT2D eigenvalue weighted by Crippen LogP contribution is 2.30. The number of amides is 2. The molecule has 1 aliphatic heterocycles. The van der Waals surface area contributed by atoms with Crippen molar-refractivity contribution < 1.29 is 33.6 Å². The number of ether oxygens (including phenoxy) is 2. The van der Waals surface area contributed by atoms with Crippen LogP contribution >= 0.6 is 0 Å². The van der Waals surface area contributed by atoms with Crippen molar-refractivity contribution in [2.24, 2.45) is 0 Å². The van der Waals surface area contributed by atoms with E-state index in [2.05, 4.69) is 0 Å². The number of Topliss-reactive ketones (excluding diaryl/α,β-unsaturated/α-hetero) is 1. The van der Waals surface area contributed by atoms with Gasteiger partial charge in [-0.05, 0) is 32.9 Å². The van der Waals surface area contributed by atoms with E-state index in [0.29, 0.717) is 12.2 Å². The van der Waals surface area contributed by atoms with Crippen LogP contribution < -0.4 is 0 Å². The second-order valence-electron chi connectivity index (χ2n) is 8.01. The first-order valence-corrected chi connectivity index (χ1v) is 10.6. The molecule has 2 heterocycles. The predicted octanol–water partition coefficient (Wildman–Crippen LogP) is 2.63. The molecule has 0 N–H and O–H groups in total. The van der Waals surface area contributed by atoms with Gasteiger partial charge in [0.25, 0.3) is 17.5 Å². The van der Waals surface area contributed by atoms with Gasteiger partial charge < -0.3 is 14.0 Å². The van der Waals surface area contributed by atoms with Crippen LogP contribution in [0.2, 0.25) is 0 Å². The third-order valence-electron chi connectivity index (χ3n) is 5.71. The van der Waals surface area contributed by atoms with Gasteiger partial charge >= 0.3 is 5.97 Å². The number of aromatic nitrogens is 1. The van der Waals surface area contributed by atoms with Gasteiger partial charge in [0.05, 0.1) is 29.6 Å². The lowest BCUT2D eigenvalue weighted by molar-refractivity contribution is -0.385. The first kappa shape index (κ1) is 24.8. The van der Waals surface area contributed by atoms with Crippen LogP contribution in [0.1, 0.15) is 61.8 Å². The van der Waals surface area contributed by atoms with Gasteiger partial charge in [-0.2, -0.15) is 0 Å². The summed E-state index contributed by atoms with van der Waals surface area (Å²) in [5.74, 6) is -2.71. The van der Waals surface area contributed by atoms with E-state index in [-0.39, 0.29) is 35.9 Å². The van der Waals surface area contributed by atoms with Crippen LogP contribution in [0.3, 0.4) is 0 Å². The molecule has 1 atom stereocenters. The maximum atomic E-state index is 12.6. The van der Waals surface area contributed by atoms with E-state index in [1.165, 1.54) is 12.1 Å². The molecule has 1 aliphatic rings. The number of esters is 1. The average Bonchev–Trinajstić information content (AvgIpc) is 3.23. The molecule has 0 bridgehead atoms. The second-order valence-corrected chi connectivity index (χ2v) is 8.01. The number of nitro groups is 1. The zero-order valence-electron chi connectivity index (χ0n) is 19.3. The fourth-order valence-electron chi connectivity index (χ4n) is 4.22. The predicted molar refractivity (Wildman–Crippen MR) is 119 cm³/mol. The summed E-state index contributed by atoms with van der Waals surface area (Å²) in [6.45, 7) is 5.30. The number of methoxy groups -OCH3 is 1. The average molecular weight is 471 g/mol. The zero-order valence-corrected chi connectivity index (χ0v) is 19.3. The number of nitrogens with zero attached hydrogens (tertiary/aromatic N) is 3. The molecule has 1 aromatic heterocycles. The number of hydrogen-bond donors (Lipinski definition) is 0. The van der Waals surface area contributed by atoms with Crippen LogP contribution in [-0.4, -0.2) is 64.8 Å². The number of fused-ring (bicyclic) bond motifs is 1. The minimum absolute atomic E-state index is 0.0181. The summed E-state index contributed by atoms with van der Waals surface area (Å²) >= 11 is 0. The van der Waals surface area contributed by atoms with Crippen molar-refractivity contribution in [3.05, 3.63) is 62.5 Å². The van der Waals surface area contributed by atoms with Crippen LogP contribution in [0.25, 0.3) is 0 Å². The number of imide groups is 1. The number of nitro benzene ring substituents is 1. The van der Waals surface area contributed by atoms with Crippen LogP contribution in [0.15, 0.2) is 24.3 Å². The molecule has 0 saturated heterocycles. The van der Waals surface area contributed by atoms with Crippen LogP contribution in [-0.2, 0) is 14.3 Å². The summed E-state index contributed by atoms with van der Waals surface area (Å²) in [5.41, 5.74) is 1.19. The van der Waals surface area contributed by atoms with Crippen molar-refractivity contribution in [3.8, 4) is 0 Å². The first-order chi connectivity index (χ1) is 16.1. The molecule has 11 heteroatoms. The lowest BCUT2D eigenvalue weighted by atomic mass is 10.1. The second kappa shape index (κ2) is 9.96. The van der Waals surface area contributed by atoms with Crippen molar-refractivity contribution in [3.63, 3.8) is 0 Å². The molecule has 11 nitrogen and oxygen atoms in total. The van der Waals surface area contributed by atoms with E-state index in [1.54, 1.807) is 20.1 Å². The number of aryl methyl sites for hydroxylation is 1. The number of benzene rings is 1.